The second-order valence-corrected chi connectivity index (χ2v) is 1.89. The molecule has 0 amide bonds. The summed E-state index contributed by atoms with van der Waals surface area (Å²) in [5.41, 5.74) is 0.499. The first-order valence-electron chi connectivity index (χ1n) is 2.41. The van der Waals surface area contributed by atoms with Gasteiger partial charge in [0, 0.05) is 6.20 Å². The third kappa shape index (κ3) is 1.22. The topological polar surface area (TPSA) is 12.9 Å². The van der Waals surface area contributed by atoms with Gasteiger partial charge >= 0.3 is 0 Å². The number of hydrogen-bond acceptors (Lipinski definition) is 1. The summed E-state index contributed by atoms with van der Waals surface area (Å²) in [4.78, 5) is 3.83. The molecule has 0 aliphatic heterocycles. The molecular weight excluding hydrogens is 134 g/mol. The van der Waals surface area contributed by atoms with Crippen molar-refractivity contribution < 1.29 is 0 Å². The molecule has 0 atom stereocenters. The Labute approximate surface area is 58.7 Å². The molecule has 0 spiro atoms. The third-order valence-corrected chi connectivity index (χ3v) is 1.20. The Hall–Kier alpha value is -1.00. The van der Waals surface area contributed by atoms with Gasteiger partial charge in [-0.2, -0.15) is 0 Å². The van der Waals surface area contributed by atoms with Gasteiger partial charge in [-0.15, -0.1) is 6.42 Å². The number of aromatic nitrogens is 1. The maximum atomic E-state index is 5.62. The van der Waals surface area contributed by atoms with Crippen LogP contribution in [-0.2, 0) is 0 Å². The Bertz CT molecular complexity index is 249. The molecule has 1 heterocycles. The van der Waals surface area contributed by atoms with Gasteiger partial charge in [-0.3, -0.25) is 0 Å². The fraction of sp³-hybridized carbons (Fsp3) is 0. The average Bonchev–Trinajstić information content (AvgIpc) is 1.89. The summed E-state index contributed by atoms with van der Waals surface area (Å²) in [5.74, 6) is 2.35. The van der Waals surface area contributed by atoms with Gasteiger partial charge in [-0.1, -0.05) is 11.6 Å². The predicted molar refractivity (Wildman–Crippen MR) is 37.2 cm³/mol. The van der Waals surface area contributed by atoms with Crippen molar-refractivity contribution in [3.8, 4) is 12.3 Å². The Morgan fingerprint density at radius 2 is 2.44 bits per heavy atom. The van der Waals surface area contributed by atoms with Crippen LogP contribution in [0.4, 0.5) is 0 Å². The molecule has 0 N–H and O–H groups in total. The van der Waals surface area contributed by atoms with E-state index in [1.807, 2.05) is 0 Å². The van der Waals surface area contributed by atoms with Crippen molar-refractivity contribution in [2.24, 2.45) is 0 Å². The van der Waals surface area contributed by atoms with Crippen molar-refractivity contribution in [1.82, 2.24) is 4.98 Å². The maximum Gasteiger partial charge on any atom is 0.131 e. The summed E-state index contributed by atoms with van der Waals surface area (Å²) in [6.07, 6.45) is 6.67. The van der Waals surface area contributed by atoms with E-state index >= 15 is 0 Å². The molecule has 2 heteroatoms. The number of terminal acetylenes is 1. The first-order valence-corrected chi connectivity index (χ1v) is 2.79. The van der Waals surface area contributed by atoms with Crippen LogP contribution in [0.15, 0.2) is 18.3 Å². The third-order valence-electron chi connectivity index (χ3n) is 0.895. The van der Waals surface area contributed by atoms with Crippen LogP contribution in [0, 0.1) is 12.3 Å². The molecule has 0 fully saturated rings. The van der Waals surface area contributed by atoms with E-state index in [4.69, 9.17) is 18.0 Å². The highest BCUT2D eigenvalue weighted by molar-refractivity contribution is 6.31. The molecule has 0 saturated carbocycles. The first kappa shape index (κ1) is 6.12. The van der Waals surface area contributed by atoms with E-state index in [1.165, 1.54) is 0 Å². The minimum Gasteiger partial charge on any atom is -0.246 e. The summed E-state index contributed by atoms with van der Waals surface area (Å²) >= 11 is 5.62. The minimum atomic E-state index is 0.499. The molecular formula is C7H4ClN. The van der Waals surface area contributed by atoms with Crippen molar-refractivity contribution in [3.05, 3.63) is 29.0 Å². The SMILES string of the molecule is C#Cc1ncccc1Cl. The van der Waals surface area contributed by atoms with Gasteiger partial charge in [0.1, 0.15) is 5.69 Å². The highest BCUT2D eigenvalue weighted by Crippen LogP contribution is 2.09. The van der Waals surface area contributed by atoms with Gasteiger partial charge < -0.3 is 0 Å². The summed E-state index contributed by atoms with van der Waals surface area (Å²) in [6, 6.07) is 3.45. The average molecular weight is 138 g/mol. The lowest BCUT2D eigenvalue weighted by molar-refractivity contribution is 1.29. The zero-order valence-corrected chi connectivity index (χ0v) is 5.39. The van der Waals surface area contributed by atoms with Crippen LogP contribution in [0.1, 0.15) is 5.69 Å². The number of hydrogen-bond donors (Lipinski definition) is 0. The second-order valence-electron chi connectivity index (χ2n) is 1.48. The van der Waals surface area contributed by atoms with E-state index in [0.29, 0.717) is 10.7 Å². The molecule has 0 unspecified atom stereocenters. The van der Waals surface area contributed by atoms with Gasteiger partial charge in [0.2, 0.25) is 0 Å². The molecule has 0 aliphatic rings. The Kier molecular flexibility index (Phi) is 1.72. The highest BCUT2D eigenvalue weighted by Gasteiger charge is 1.92. The summed E-state index contributed by atoms with van der Waals surface area (Å²) in [6.45, 7) is 0. The molecule has 1 aromatic heterocycles. The molecule has 44 valence electrons. The van der Waals surface area contributed by atoms with Gasteiger partial charge in [0.05, 0.1) is 5.02 Å². The normalized spacial score (nSPS) is 8.44. The van der Waals surface area contributed by atoms with Crippen LogP contribution < -0.4 is 0 Å². The largest absolute Gasteiger partial charge is 0.246 e. The lowest BCUT2D eigenvalue weighted by Gasteiger charge is -1.89. The molecule has 0 aliphatic carbocycles. The van der Waals surface area contributed by atoms with Crippen LogP contribution >= 0.6 is 11.6 Å². The summed E-state index contributed by atoms with van der Waals surface area (Å²) in [7, 11) is 0. The molecule has 9 heavy (non-hydrogen) atoms. The maximum absolute atomic E-state index is 5.62. The van der Waals surface area contributed by atoms with Crippen molar-refractivity contribution in [3.63, 3.8) is 0 Å². The fourth-order valence-corrected chi connectivity index (χ4v) is 0.668. The van der Waals surface area contributed by atoms with E-state index in [-0.39, 0.29) is 0 Å². The quantitative estimate of drug-likeness (QED) is 0.496. The van der Waals surface area contributed by atoms with E-state index in [1.54, 1.807) is 18.3 Å². The first-order chi connectivity index (χ1) is 4.34. The van der Waals surface area contributed by atoms with Crippen LogP contribution in [0.2, 0.25) is 5.02 Å². The fourth-order valence-electron chi connectivity index (χ4n) is 0.492. The van der Waals surface area contributed by atoms with Crippen LogP contribution in [0.5, 0.6) is 0 Å². The Balaban J connectivity index is 3.20. The van der Waals surface area contributed by atoms with Crippen LogP contribution in [-0.4, -0.2) is 4.98 Å². The number of nitrogens with zero attached hydrogens (tertiary/aromatic N) is 1. The number of rotatable bonds is 0. The Morgan fingerprint density at radius 3 is 2.89 bits per heavy atom. The zero-order valence-electron chi connectivity index (χ0n) is 4.63. The van der Waals surface area contributed by atoms with Crippen molar-refractivity contribution in [2.75, 3.05) is 0 Å². The zero-order chi connectivity index (χ0) is 6.69. The lowest BCUT2D eigenvalue weighted by atomic mass is 10.4. The van der Waals surface area contributed by atoms with E-state index in [9.17, 15) is 0 Å². The van der Waals surface area contributed by atoms with Crippen molar-refractivity contribution >= 4 is 11.6 Å². The molecule has 0 radical (unpaired) electrons. The lowest BCUT2D eigenvalue weighted by Crippen LogP contribution is -1.79. The van der Waals surface area contributed by atoms with Gasteiger partial charge in [0.25, 0.3) is 0 Å². The molecule has 0 aromatic carbocycles. The van der Waals surface area contributed by atoms with Crippen molar-refractivity contribution in [2.45, 2.75) is 0 Å². The molecule has 0 saturated heterocycles. The number of pyridine rings is 1. The summed E-state index contributed by atoms with van der Waals surface area (Å²) in [5, 5.41) is 0.528. The smallest absolute Gasteiger partial charge is 0.131 e. The van der Waals surface area contributed by atoms with Gasteiger partial charge in [0.15, 0.2) is 0 Å². The monoisotopic (exact) mass is 137 g/mol. The second kappa shape index (κ2) is 2.52. The molecule has 1 nitrogen and oxygen atoms in total. The molecule has 0 bridgehead atoms. The predicted octanol–water partition coefficient (Wildman–Crippen LogP) is 1.72. The standard InChI is InChI=1S/C7H4ClN/c1-2-7-6(8)4-3-5-9-7/h1,3-5H. The highest BCUT2D eigenvalue weighted by atomic mass is 35.5. The minimum absolute atomic E-state index is 0.499. The Morgan fingerprint density at radius 1 is 1.67 bits per heavy atom. The summed E-state index contributed by atoms with van der Waals surface area (Å²) < 4.78 is 0. The number of halogens is 1. The van der Waals surface area contributed by atoms with E-state index < -0.39 is 0 Å². The molecule has 1 rings (SSSR count). The van der Waals surface area contributed by atoms with E-state index in [2.05, 4.69) is 10.9 Å². The van der Waals surface area contributed by atoms with Crippen LogP contribution in [0.25, 0.3) is 0 Å². The van der Waals surface area contributed by atoms with Crippen LogP contribution in [0.3, 0.4) is 0 Å². The van der Waals surface area contributed by atoms with E-state index in [0.717, 1.165) is 0 Å². The van der Waals surface area contributed by atoms with Crippen molar-refractivity contribution in [1.29, 1.82) is 0 Å². The van der Waals surface area contributed by atoms with Gasteiger partial charge in [-0.25, -0.2) is 4.98 Å². The van der Waals surface area contributed by atoms with Gasteiger partial charge in [-0.05, 0) is 18.1 Å². The molecule has 1 aromatic rings.